The van der Waals surface area contributed by atoms with E-state index in [0.717, 1.165) is 22.0 Å². The number of nitrogens with one attached hydrogen (secondary N) is 1. The van der Waals surface area contributed by atoms with Crippen LogP contribution >= 0.6 is 27.7 Å². The molecule has 2 unspecified atom stereocenters. The topological polar surface area (TPSA) is 86.7 Å². The minimum atomic E-state index is -1.15. The molecule has 1 saturated heterocycles. The number of β-lactam (4-membered cyclic amide) rings is 1. The molecule has 2 heterocycles. The number of benzene rings is 2. The second-order valence-electron chi connectivity index (χ2n) is 7.50. The van der Waals surface area contributed by atoms with Gasteiger partial charge in [-0.25, -0.2) is 4.79 Å². The second kappa shape index (κ2) is 9.75. The number of aliphatic carboxylic acids is 1. The van der Waals surface area contributed by atoms with E-state index in [1.807, 2.05) is 60.7 Å². The summed E-state index contributed by atoms with van der Waals surface area (Å²) in [7, 11) is 0. The van der Waals surface area contributed by atoms with Crippen LogP contribution in [0.4, 0.5) is 0 Å². The van der Waals surface area contributed by atoms with Crippen molar-refractivity contribution in [2.45, 2.75) is 23.2 Å². The van der Waals surface area contributed by atoms with Crippen molar-refractivity contribution in [1.82, 2.24) is 10.2 Å². The molecule has 2 amide bonds. The van der Waals surface area contributed by atoms with Gasteiger partial charge in [0.2, 0.25) is 5.91 Å². The van der Waals surface area contributed by atoms with Crippen LogP contribution in [-0.4, -0.2) is 45.0 Å². The zero-order valence-corrected chi connectivity index (χ0v) is 19.4. The average Bonchev–Trinajstić information content (AvgIpc) is 2.81. The summed E-state index contributed by atoms with van der Waals surface area (Å²) >= 11 is 4.87. The van der Waals surface area contributed by atoms with Gasteiger partial charge in [-0.15, -0.1) is 11.8 Å². The van der Waals surface area contributed by atoms with E-state index in [9.17, 15) is 19.5 Å². The Balaban J connectivity index is 1.47. The van der Waals surface area contributed by atoms with Crippen molar-refractivity contribution in [1.29, 1.82) is 0 Å². The van der Waals surface area contributed by atoms with Crippen LogP contribution in [0.15, 0.2) is 71.9 Å². The van der Waals surface area contributed by atoms with E-state index in [0.29, 0.717) is 11.3 Å². The Morgan fingerprint density at radius 3 is 2.47 bits per heavy atom. The molecule has 2 N–H and O–H groups in total. The molecule has 1 fully saturated rings. The van der Waals surface area contributed by atoms with Crippen LogP contribution in [-0.2, 0) is 26.1 Å². The summed E-state index contributed by atoms with van der Waals surface area (Å²) in [6.07, 6.45) is 3.77. The summed E-state index contributed by atoms with van der Waals surface area (Å²) in [5, 5.41) is 12.9. The van der Waals surface area contributed by atoms with Crippen LogP contribution in [0.2, 0.25) is 0 Å². The Morgan fingerprint density at radius 1 is 1.09 bits per heavy atom. The first kappa shape index (κ1) is 22.4. The number of fused-ring (bicyclic) bond motifs is 1. The van der Waals surface area contributed by atoms with Gasteiger partial charge in [0.25, 0.3) is 5.91 Å². The fourth-order valence-electron chi connectivity index (χ4n) is 3.69. The highest BCUT2D eigenvalue weighted by Gasteiger charge is 2.53. The van der Waals surface area contributed by atoms with Crippen LogP contribution in [0.1, 0.15) is 16.7 Å². The monoisotopic (exact) mass is 512 g/mol. The molecular weight excluding hydrogens is 492 g/mol. The number of amides is 2. The molecule has 164 valence electrons. The average molecular weight is 513 g/mol. The number of rotatable bonds is 7. The maximum atomic E-state index is 12.8. The highest BCUT2D eigenvalue weighted by atomic mass is 79.9. The van der Waals surface area contributed by atoms with Gasteiger partial charge in [0.15, 0.2) is 0 Å². The zero-order valence-electron chi connectivity index (χ0n) is 17.0. The lowest BCUT2D eigenvalue weighted by molar-refractivity contribution is -0.150. The molecule has 0 bridgehead atoms. The Kier molecular flexibility index (Phi) is 6.81. The summed E-state index contributed by atoms with van der Waals surface area (Å²) in [4.78, 5) is 38.4. The molecule has 2 aliphatic heterocycles. The summed E-state index contributed by atoms with van der Waals surface area (Å²) in [5.41, 5.74) is 3.51. The van der Waals surface area contributed by atoms with Gasteiger partial charge in [0, 0.05) is 11.1 Å². The zero-order chi connectivity index (χ0) is 22.7. The number of thioether (sulfide) groups is 1. The highest BCUT2D eigenvalue weighted by Crippen LogP contribution is 2.40. The van der Waals surface area contributed by atoms with Crippen molar-refractivity contribution in [3.05, 3.63) is 88.6 Å². The van der Waals surface area contributed by atoms with Crippen molar-refractivity contribution in [3.8, 4) is 0 Å². The molecule has 0 aliphatic carbocycles. The number of hydrogen-bond acceptors (Lipinski definition) is 4. The molecule has 2 aliphatic rings. The van der Waals surface area contributed by atoms with E-state index in [-0.39, 0.29) is 18.0 Å². The van der Waals surface area contributed by atoms with Crippen LogP contribution in [0.25, 0.3) is 6.08 Å². The fourth-order valence-corrected chi connectivity index (χ4v) is 5.38. The van der Waals surface area contributed by atoms with E-state index in [1.54, 1.807) is 6.08 Å². The molecule has 0 aromatic heterocycles. The number of allylic oxidation sites excluding steroid dienone is 1. The Hall–Kier alpha value is -2.84. The summed E-state index contributed by atoms with van der Waals surface area (Å²) in [5.74, 6) is -1.36. The minimum absolute atomic E-state index is 0.0133. The van der Waals surface area contributed by atoms with Crippen molar-refractivity contribution < 1.29 is 19.5 Å². The van der Waals surface area contributed by atoms with E-state index >= 15 is 0 Å². The molecule has 6 nitrogen and oxygen atoms in total. The molecule has 4 rings (SSSR count). The second-order valence-corrected chi connectivity index (χ2v) is 9.17. The van der Waals surface area contributed by atoms with E-state index in [2.05, 4.69) is 21.2 Å². The number of hydrogen-bond donors (Lipinski definition) is 2. The van der Waals surface area contributed by atoms with Crippen molar-refractivity contribution in [2.75, 3.05) is 5.75 Å². The number of halogens is 1. The Morgan fingerprint density at radius 2 is 1.81 bits per heavy atom. The Labute approximate surface area is 198 Å². The third kappa shape index (κ3) is 4.66. The van der Waals surface area contributed by atoms with Gasteiger partial charge in [0.05, 0.1) is 6.42 Å². The van der Waals surface area contributed by atoms with Gasteiger partial charge in [0.1, 0.15) is 17.1 Å². The standard InChI is InChI=1S/C24H21BrN2O4S/c25-13-17-8-6-15(7-9-17)10-11-18-14-32-23-20(22(29)27(23)21(18)24(30)31)26-19(28)12-16-4-2-1-3-5-16/h1-11,20,23H,12-14H2,(H,26,28)(H,30,31). The van der Waals surface area contributed by atoms with Crippen LogP contribution < -0.4 is 5.32 Å². The molecular formula is C24H21BrN2O4S. The van der Waals surface area contributed by atoms with E-state index < -0.39 is 23.3 Å². The quantitative estimate of drug-likeness (QED) is 0.437. The van der Waals surface area contributed by atoms with E-state index in [4.69, 9.17) is 0 Å². The van der Waals surface area contributed by atoms with Gasteiger partial charge in [-0.2, -0.15) is 0 Å². The van der Waals surface area contributed by atoms with Crippen molar-refractivity contribution in [2.24, 2.45) is 0 Å². The maximum Gasteiger partial charge on any atom is 0.352 e. The molecule has 2 aromatic carbocycles. The SMILES string of the molecule is O=C(Cc1ccccc1)NC1C(=O)N2C(C(=O)O)=C(C=Cc3ccc(CBr)cc3)CSC12. The molecule has 8 heteroatoms. The van der Waals surface area contributed by atoms with Gasteiger partial charge in [-0.1, -0.05) is 82.7 Å². The van der Waals surface area contributed by atoms with Crippen LogP contribution in [0.5, 0.6) is 0 Å². The molecule has 2 aromatic rings. The molecule has 0 spiro atoms. The first-order valence-electron chi connectivity index (χ1n) is 10.1. The third-order valence-electron chi connectivity index (χ3n) is 5.34. The fraction of sp³-hybridized carbons (Fsp3) is 0.208. The molecule has 0 radical (unpaired) electrons. The number of nitrogens with zero attached hydrogens (tertiary/aromatic N) is 1. The smallest absolute Gasteiger partial charge is 0.352 e. The van der Waals surface area contributed by atoms with Gasteiger partial charge in [-0.3, -0.25) is 14.5 Å². The molecule has 32 heavy (non-hydrogen) atoms. The molecule has 0 saturated carbocycles. The van der Waals surface area contributed by atoms with Gasteiger partial charge < -0.3 is 10.4 Å². The number of carboxylic acid groups (broad SMARTS) is 1. The van der Waals surface area contributed by atoms with Crippen molar-refractivity contribution >= 4 is 51.6 Å². The third-order valence-corrected chi connectivity index (χ3v) is 7.29. The first-order chi connectivity index (χ1) is 15.5. The van der Waals surface area contributed by atoms with Gasteiger partial charge >= 0.3 is 5.97 Å². The van der Waals surface area contributed by atoms with Crippen molar-refractivity contribution in [3.63, 3.8) is 0 Å². The number of alkyl halides is 1. The first-order valence-corrected chi connectivity index (χ1v) is 12.2. The summed E-state index contributed by atoms with van der Waals surface area (Å²) < 4.78 is 0. The van der Waals surface area contributed by atoms with Gasteiger partial charge in [-0.05, 0) is 22.3 Å². The normalized spacial score (nSPS) is 20.2. The largest absolute Gasteiger partial charge is 0.477 e. The maximum absolute atomic E-state index is 12.8. The summed E-state index contributed by atoms with van der Waals surface area (Å²) in [6, 6.07) is 16.5. The number of carboxylic acids is 1. The van der Waals surface area contributed by atoms with E-state index in [1.165, 1.54) is 16.7 Å². The van der Waals surface area contributed by atoms with Crippen LogP contribution in [0.3, 0.4) is 0 Å². The molecule has 2 atom stereocenters. The van der Waals surface area contributed by atoms with Crippen LogP contribution in [0, 0.1) is 0 Å². The predicted octanol–water partition coefficient (Wildman–Crippen LogP) is 3.58. The Bertz CT molecular complexity index is 1100. The lowest BCUT2D eigenvalue weighted by Crippen LogP contribution is -2.70. The predicted molar refractivity (Wildman–Crippen MR) is 128 cm³/mol. The lowest BCUT2D eigenvalue weighted by atomic mass is 10.0. The highest BCUT2D eigenvalue weighted by molar-refractivity contribution is 9.08. The summed E-state index contributed by atoms with van der Waals surface area (Å²) in [6.45, 7) is 0. The number of carbonyl (C=O) groups excluding carboxylic acids is 2. The number of carbonyl (C=O) groups is 3. The minimum Gasteiger partial charge on any atom is -0.477 e. The lowest BCUT2D eigenvalue weighted by Gasteiger charge is -2.49.